The van der Waals surface area contributed by atoms with Gasteiger partial charge >= 0.3 is 12.1 Å². The number of nitrogens with one attached hydrogen (secondary N) is 1. The molecule has 2 aromatic rings. The number of hydrogen-bond donors (Lipinski definition) is 1. The number of amides is 1. The Labute approximate surface area is 176 Å². The van der Waals surface area contributed by atoms with Crippen molar-refractivity contribution in [3.63, 3.8) is 0 Å². The zero-order valence-corrected chi connectivity index (χ0v) is 16.8. The summed E-state index contributed by atoms with van der Waals surface area (Å²) in [6.45, 7) is 1.78. The van der Waals surface area contributed by atoms with E-state index in [1.165, 1.54) is 4.90 Å². The van der Waals surface area contributed by atoms with Crippen molar-refractivity contribution in [2.75, 3.05) is 23.4 Å². The van der Waals surface area contributed by atoms with E-state index in [9.17, 15) is 22.8 Å². The van der Waals surface area contributed by atoms with Crippen molar-refractivity contribution in [3.05, 3.63) is 52.7 Å². The highest BCUT2D eigenvalue weighted by molar-refractivity contribution is 6.33. The monoisotopic (exact) mass is 441 g/mol. The van der Waals surface area contributed by atoms with Crippen molar-refractivity contribution >= 4 is 35.0 Å². The molecule has 30 heavy (non-hydrogen) atoms. The summed E-state index contributed by atoms with van der Waals surface area (Å²) in [4.78, 5) is 29.8. The number of halogens is 4. The number of alkyl halides is 3. The van der Waals surface area contributed by atoms with Crippen molar-refractivity contribution in [2.24, 2.45) is 0 Å². The second kappa shape index (κ2) is 8.91. The number of benzene rings is 1. The number of nitrogens with zero attached hydrogens (tertiary/aromatic N) is 2. The maximum atomic E-state index is 12.8. The lowest BCUT2D eigenvalue weighted by Crippen LogP contribution is -2.39. The number of ether oxygens (including phenoxy) is 1. The fourth-order valence-electron chi connectivity index (χ4n) is 3.22. The van der Waals surface area contributed by atoms with Crippen LogP contribution in [0.15, 0.2) is 36.5 Å². The van der Waals surface area contributed by atoms with Gasteiger partial charge in [-0.1, -0.05) is 23.7 Å². The van der Waals surface area contributed by atoms with E-state index < -0.39 is 36.3 Å². The second-order valence-electron chi connectivity index (χ2n) is 6.90. The summed E-state index contributed by atoms with van der Waals surface area (Å²) >= 11 is 6.00. The molecule has 1 fully saturated rings. The smallest absolute Gasteiger partial charge is 0.417 e. The fraction of sp³-hybridized carbons (Fsp3) is 0.350. The highest BCUT2D eigenvalue weighted by Gasteiger charge is 2.36. The van der Waals surface area contributed by atoms with E-state index in [4.69, 9.17) is 16.3 Å². The zero-order chi connectivity index (χ0) is 21.9. The lowest BCUT2D eigenvalue weighted by molar-refractivity contribution is -0.148. The van der Waals surface area contributed by atoms with Crippen LogP contribution in [0.1, 0.15) is 24.0 Å². The van der Waals surface area contributed by atoms with Crippen LogP contribution in [0.2, 0.25) is 5.02 Å². The number of aromatic nitrogens is 1. The van der Waals surface area contributed by atoms with Gasteiger partial charge in [0.05, 0.1) is 10.6 Å². The molecule has 6 nitrogen and oxygen atoms in total. The molecule has 3 rings (SSSR count). The van der Waals surface area contributed by atoms with Gasteiger partial charge in [0.25, 0.3) is 5.91 Å². The van der Waals surface area contributed by atoms with Gasteiger partial charge in [0.15, 0.2) is 6.61 Å². The van der Waals surface area contributed by atoms with Crippen LogP contribution in [-0.2, 0) is 20.5 Å². The third-order valence-corrected chi connectivity index (χ3v) is 4.87. The van der Waals surface area contributed by atoms with Gasteiger partial charge < -0.3 is 15.0 Å². The standard InChI is InChI=1S/C20H19ClF3N3O3/c1-12-4-2-5-14(8-12)26-17(28)11-30-19(29)16-6-3-7-27(16)18-15(21)9-13(10-25-18)20(22,23)24/h2,4-5,8-10,16H,3,6-7,11H2,1H3,(H,26,28)/t16-/m1/s1. The first-order valence-corrected chi connectivity index (χ1v) is 9.55. The highest BCUT2D eigenvalue weighted by Crippen LogP contribution is 2.35. The molecule has 0 radical (unpaired) electrons. The lowest BCUT2D eigenvalue weighted by atomic mass is 10.2. The Morgan fingerprint density at radius 2 is 2.10 bits per heavy atom. The molecule has 0 saturated carbocycles. The Hall–Kier alpha value is -2.81. The normalized spacial score (nSPS) is 16.4. The molecule has 0 spiro atoms. The quantitative estimate of drug-likeness (QED) is 0.704. The van der Waals surface area contributed by atoms with Gasteiger partial charge in [0.2, 0.25) is 0 Å². The number of esters is 1. The van der Waals surface area contributed by atoms with Crippen LogP contribution in [0.3, 0.4) is 0 Å². The third kappa shape index (κ3) is 5.21. The predicted molar refractivity (Wildman–Crippen MR) is 105 cm³/mol. The van der Waals surface area contributed by atoms with Crippen LogP contribution >= 0.6 is 11.6 Å². The summed E-state index contributed by atoms with van der Waals surface area (Å²) in [5, 5.41) is 2.42. The van der Waals surface area contributed by atoms with E-state index in [0.29, 0.717) is 31.3 Å². The van der Waals surface area contributed by atoms with E-state index in [2.05, 4.69) is 10.3 Å². The minimum absolute atomic E-state index is 0.0772. The molecule has 1 N–H and O–H groups in total. The molecule has 1 amide bonds. The Morgan fingerprint density at radius 3 is 2.77 bits per heavy atom. The van der Waals surface area contributed by atoms with Gasteiger partial charge in [0.1, 0.15) is 11.9 Å². The molecular formula is C20H19ClF3N3O3. The molecule has 1 aromatic heterocycles. The first kappa shape index (κ1) is 21.9. The molecule has 1 aliphatic heterocycles. The van der Waals surface area contributed by atoms with Crippen LogP contribution in [-0.4, -0.2) is 36.1 Å². The first-order valence-electron chi connectivity index (χ1n) is 9.17. The molecule has 160 valence electrons. The van der Waals surface area contributed by atoms with Crippen LogP contribution in [0.4, 0.5) is 24.7 Å². The van der Waals surface area contributed by atoms with Gasteiger partial charge in [-0.2, -0.15) is 13.2 Å². The van der Waals surface area contributed by atoms with E-state index in [0.717, 1.165) is 11.6 Å². The van der Waals surface area contributed by atoms with E-state index in [-0.39, 0.29) is 10.8 Å². The van der Waals surface area contributed by atoms with Crippen molar-refractivity contribution in [2.45, 2.75) is 32.0 Å². The maximum Gasteiger partial charge on any atom is 0.417 e. The Bertz CT molecular complexity index is 952. The zero-order valence-electron chi connectivity index (χ0n) is 16.0. The molecule has 0 unspecified atom stereocenters. The van der Waals surface area contributed by atoms with Crippen molar-refractivity contribution in [1.29, 1.82) is 0 Å². The summed E-state index contributed by atoms with van der Waals surface area (Å²) in [6, 6.07) is 7.15. The maximum absolute atomic E-state index is 12.8. The Morgan fingerprint density at radius 1 is 1.33 bits per heavy atom. The van der Waals surface area contributed by atoms with Crippen molar-refractivity contribution in [3.8, 4) is 0 Å². The van der Waals surface area contributed by atoms with Crippen molar-refractivity contribution < 1.29 is 27.5 Å². The summed E-state index contributed by atoms with van der Waals surface area (Å²) < 4.78 is 43.6. The minimum atomic E-state index is -4.57. The third-order valence-electron chi connectivity index (χ3n) is 4.59. The number of carbonyl (C=O) groups is 2. The molecular weight excluding hydrogens is 423 g/mol. The van der Waals surface area contributed by atoms with Gasteiger partial charge in [-0.15, -0.1) is 0 Å². The van der Waals surface area contributed by atoms with Crippen LogP contribution < -0.4 is 10.2 Å². The number of aryl methyl sites for hydroxylation is 1. The number of pyridine rings is 1. The summed E-state index contributed by atoms with van der Waals surface area (Å²) in [6.07, 6.45) is -2.87. The van der Waals surface area contributed by atoms with E-state index >= 15 is 0 Å². The highest BCUT2D eigenvalue weighted by atomic mass is 35.5. The summed E-state index contributed by atoms with van der Waals surface area (Å²) in [5.74, 6) is -1.08. The largest absolute Gasteiger partial charge is 0.454 e. The average molecular weight is 442 g/mol. The lowest BCUT2D eigenvalue weighted by Gasteiger charge is -2.25. The minimum Gasteiger partial charge on any atom is -0.454 e. The van der Waals surface area contributed by atoms with Crippen LogP contribution in [0.5, 0.6) is 0 Å². The fourth-order valence-corrected chi connectivity index (χ4v) is 3.49. The van der Waals surface area contributed by atoms with Crippen molar-refractivity contribution in [1.82, 2.24) is 4.98 Å². The molecule has 1 saturated heterocycles. The molecule has 10 heteroatoms. The van der Waals surface area contributed by atoms with Crippen LogP contribution in [0.25, 0.3) is 0 Å². The van der Waals surface area contributed by atoms with Gasteiger partial charge in [0, 0.05) is 18.4 Å². The van der Waals surface area contributed by atoms with Gasteiger partial charge in [-0.05, 0) is 43.5 Å². The number of carbonyl (C=O) groups excluding carboxylic acids is 2. The number of anilines is 2. The SMILES string of the molecule is Cc1cccc(NC(=O)COC(=O)[C@H]2CCCN2c2ncc(C(F)(F)F)cc2Cl)c1. The van der Waals surface area contributed by atoms with Crippen LogP contribution in [0, 0.1) is 6.92 Å². The molecule has 0 bridgehead atoms. The summed E-state index contributed by atoms with van der Waals surface area (Å²) in [5.41, 5.74) is 0.578. The predicted octanol–water partition coefficient (Wildman–Crippen LogP) is 4.21. The molecule has 1 aromatic carbocycles. The summed E-state index contributed by atoms with van der Waals surface area (Å²) in [7, 11) is 0. The second-order valence-corrected chi connectivity index (χ2v) is 7.31. The molecule has 2 heterocycles. The van der Waals surface area contributed by atoms with E-state index in [1.807, 2.05) is 13.0 Å². The Balaban J connectivity index is 1.62. The first-order chi connectivity index (χ1) is 14.1. The van der Waals surface area contributed by atoms with Gasteiger partial charge in [-0.3, -0.25) is 4.79 Å². The topological polar surface area (TPSA) is 71.5 Å². The van der Waals surface area contributed by atoms with E-state index in [1.54, 1.807) is 18.2 Å². The number of rotatable bonds is 5. The molecule has 0 aliphatic carbocycles. The average Bonchev–Trinajstić information content (AvgIpc) is 3.15. The molecule has 1 aliphatic rings. The Kier molecular flexibility index (Phi) is 6.50. The van der Waals surface area contributed by atoms with Gasteiger partial charge in [-0.25, -0.2) is 9.78 Å². The number of hydrogen-bond acceptors (Lipinski definition) is 5. The molecule has 1 atom stereocenters.